The van der Waals surface area contributed by atoms with Gasteiger partial charge in [-0.3, -0.25) is 28.2 Å². The quantitative estimate of drug-likeness (QED) is 0.121. The second-order valence-electron chi connectivity index (χ2n) is 10.0. The highest BCUT2D eigenvalue weighted by atomic mass is 32.2. The molecule has 18 heteroatoms. The molecule has 0 aliphatic carbocycles. The average Bonchev–Trinajstić information content (AvgIpc) is 3.33. The zero-order valence-corrected chi connectivity index (χ0v) is 24.1. The summed E-state index contributed by atoms with van der Waals surface area (Å²) in [6.07, 6.45) is -2.69. The largest absolute Gasteiger partial charge is 0.405 e. The van der Waals surface area contributed by atoms with Gasteiger partial charge in [0.1, 0.15) is 23.4 Å². The molecule has 1 aliphatic heterocycles. The Morgan fingerprint density at radius 2 is 2.13 bits per heavy atom. The summed E-state index contributed by atoms with van der Waals surface area (Å²) >= 11 is 0.826. The summed E-state index contributed by atoms with van der Waals surface area (Å²) in [5, 5.41) is 33.9. The fourth-order valence-corrected chi connectivity index (χ4v) is 5.81. The average molecular weight is 594 g/mol. The molecule has 3 heterocycles. The number of thioether (sulfide) groups is 1. The molecule has 220 valence electrons. The van der Waals surface area contributed by atoms with Gasteiger partial charge in [-0.05, 0) is 34.9 Å². The van der Waals surface area contributed by atoms with Gasteiger partial charge in [0.15, 0.2) is 17.4 Å². The predicted octanol–water partition coefficient (Wildman–Crippen LogP) is -0.966. The van der Waals surface area contributed by atoms with Crippen LogP contribution in [0.15, 0.2) is 11.1 Å². The van der Waals surface area contributed by atoms with Crippen molar-refractivity contribution in [3.63, 3.8) is 0 Å². The molecule has 16 nitrogen and oxygen atoms in total. The van der Waals surface area contributed by atoms with Gasteiger partial charge in [0.2, 0.25) is 11.1 Å². The summed E-state index contributed by atoms with van der Waals surface area (Å²) in [4.78, 5) is 36.3. The number of imidazole rings is 1. The number of likely N-dealkylation sites (N-methyl/N-ethyl adjacent to an activating group) is 1. The van der Waals surface area contributed by atoms with Gasteiger partial charge in [0.25, 0.3) is 5.56 Å². The molecule has 0 bridgehead atoms. The highest BCUT2D eigenvalue weighted by Crippen LogP contribution is 2.46. The Balaban J connectivity index is 1.71. The fourth-order valence-electron chi connectivity index (χ4n) is 3.67. The van der Waals surface area contributed by atoms with E-state index in [-0.39, 0.29) is 36.0 Å². The van der Waals surface area contributed by atoms with Gasteiger partial charge in [-0.15, -0.1) is 0 Å². The number of aromatic amines is 1. The summed E-state index contributed by atoms with van der Waals surface area (Å²) in [7, 11) is -0.304. The molecule has 0 radical (unpaired) electrons. The van der Waals surface area contributed by atoms with E-state index in [4.69, 9.17) is 19.5 Å². The first-order chi connectivity index (χ1) is 18.0. The number of carbonyl (C=O) groups excluding carboxylic acids is 1. The Morgan fingerprint density at radius 3 is 2.77 bits per heavy atom. The van der Waals surface area contributed by atoms with E-state index in [0.29, 0.717) is 6.54 Å². The number of nitrogens with one attached hydrogen (secondary N) is 2. The Labute approximate surface area is 228 Å². The number of nitrogen functional groups attached to an aromatic ring is 1. The first-order valence-corrected chi connectivity index (χ1v) is 14.5. The number of H-pyrrole nitrogens is 1. The van der Waals surface area contributed by atoms with Crippen LogP contribution in [-0.4, -0.2) is 114 Å². The van der Waals surface area contributed by atoms with Gasteiger partial charge >= 0.3 is 7.75 Å². The van der Waals surface area contributed by atoms with Crippen LogP contribution < -0.4 is 16.4 Å². The van der Waals surface area contributed by atoms with Gasteiger partial charge in [0.05, 0.1) is 19.5 Å². The van der Waals surface area contributed by atoms with Crippen LogP contribution in [0.25, 0.3) is 11.2 Å². The summed E-state index contributed by atoms with van der Waals surface area (Å²) in [6.45, 7) is 4.21. The molecule has 1 aliphatic rings. The minimum absolute atomic E-state index is 0.0350. The van der Waals surface area contributed by atoms with Crippen LogP contribution in [0.2, 0.25) is 0 Å². The number of ether oxygens (including phenoxy) is 1. The van der Waals surface area contributed by atoms with E-state index in [9.17, 15) is 29.5 Å². The van der Waals surface area contributed by atoms with Crippen molar-refractivity contribution in [2.45, 2.75) is 50.4 Å². The molecule has 0 amide bonds. The normalized spacial score (nSPS) is 25.4. The molecule has 2 aromatic heterocycles. The number of aliphatic hydroxyl groups is 3. The third kappa shape index (κ3) is 7.64. The lowest BCUT2D eigenvalue weighted by molar-refractivity contribution is -0.124. The molecule has 7 N–H and O–H groups in total. The highest BCUT2D eigenvalue weighted by molar-refractivity contribution is 8.13. The van der Waals surface area contributed by atoms with Crippen molar-refractivity contribution < 1.29 is 38.5 Å². The second-order valence-corrected chi connectivity index (χ2v) is 12.9. The summed E-state index contributed by atoms with van der Waals surface area (Å²) in [5.74, 6) is -0.0648. The first kappa shape index (κ1) is 31.6. The molecule has 0 aromatic carbocycles. The van der Waals surface area contributed by atoms with Crippen LogP contribution in [0.1, 0.15) is 27.0 Å². The predicted molar refractivity (Wildman–Crippen MR) is 143 cm³/mol. The molecule has 1 unspecified atom stereocenters. The number of rotatable bonds is 13. The lowest BCUT2D eigenvalue weighted by Gasteiger charge is -2.27. The number of nitrogens with zero attached hydrogens (tertiary/aromatic N) is 4. The van der Waals surface area contributed by atoms with Gasteiger partial charge in [-0.2, -0.15) is 4.98 Å². The number of hydrogen-bond acceptors (Lipinski definition) is 14. The third-order valence-electron chi connectivity index (χ3n) is 5.81. The van der Waals surface area contributed by atoms with Gasteiger partial charge in [-0.1, -0.05) is 11.8 Å². The second kappa shape index (κ2) is 12.3. The number of aliphatic hydroxyl groups excluding tert-OH is 1. The van der Waals surface area contributed by atoms with Crippen LogP contribution in [0.4, 0.5) is 5.95 Å². The molecule has 0 saturated carbocycles. The molecule has 1 saturated heterocycles. The molecular formula is C21H36N7O9PS. The Bertz CT molecular complexity index is 1260. The highest BCUT2D eigenvalue weighted by Gasteiger charge is 2.54. The molecule has 5 atom stereocenters. The van der Waals surface area contributed by atoms with Crippen molar-refractivity contribution in [2.24, 2.45) is 0 Å². The molecule has 0 spiro atoms. The van der Waals surface area contributed by atoms with Crippen LogP contribution in [0, 0.1) is 0 Å². The van der Waals surface area contributed by atoms with E-state index in [1.807, 2.05) is 19.0 Å². The summed E-state index contributed by atoms with van der Waals surface area (Å²) in [5.41, 5.74) is 1.65. The maximum Gasteiger partial charge on any atom is 0.405 e. The zero-order chi connectivity index (χ0) is 29.2. The Kier molecular flexibility index (Phi) is 9.97. The first-order valence-electron chi connectivity index (χ1n) is 12.0. The van der Waals surface area contributed by atoms with E-state index in [1.165, 1.54) is 31.7 Å². The maximum atomic E-state index is 13.4. The molecular weight excluding hydrogens is 557 g/mol. The molecule has 39 heavy (non-hydrogen) atoms. The summed E-state index contributed by atoms with van der Waals surface area (Å²) in [6, 6.07) is 0. The van der Waals surface area contributed by atoms with Crippen LogP contribution in [0.3, 0.4) is 0 Å². The summed E-state index contributed by atoms with van der Waals surface area (Å²) < 4.78 is 31.6. The van der Waals surface area contributed by atoms with Crippen molar-refractivity contribution in [3.05, 3.63) is 16.7 Å². The van der Waals surface area contributed by atoms with Crippen LogP contribution in [0.5, 0.6) is 0 Å². The number of anilines is 1. The maximum absolute atomic E-state index is 13.4. The van der Waals surface area contributed by atoms with E-state index in [0.717, 1.165) is 11.8 Å². The SMILES string of the molecule is CN(C)CCNP(=O)(OCCSC(=O)C(C)(C)O)OC[C@H]1O[C@@H](n2cnc3c(=O)[nH]c(N)nc32)[C@](C)(O)[C@@H]1O. The van der Waals surface area contributed by atoms with Crippen LogP contribution in [-0.2, 0) is 23.1 Å². The number of fused-ring (bicyclic) bond motifs is 1. The van der Waals surface area contributed by atoms with E-state index < -0.39 is 54.7 Å². The standard InChI is InChI=1S/C21H36N7O9PS/c1-20(2,32)18(31)39-9-8-35-38(34,24-6-7-27(4)5)36-10-12-14(29)21(3,33)17(37-12)28-11-23-13-15(28)25-19(22)26-16(13)30/h11-12,14,17,29,32-33H,6-10H2,1-5H3,(H,24,34)(H3,22,25,26,30)/t12-,14-,17-,21-,38?/m1/s1. The van der Waals surface area contributed by atoms with Crippen LogP contribution >= 0.6 is 19.5 Å². The third-order valence-corrected chi connectivity index (χ3v) is 8.56. The van der Waals surface area contributed by atoms with Gasteiger partial charge < -0.3 is 30.7 Å². The number of hydrogen-bond donors (Lipinski definition) is 6. The molecule has 2 aromatic rings. The van der Waals surface area contributed by atoms with E-state index >= 15 is 0 Å². The lowest BCUT2D eigenvalue weighted by atomic mass is 9.96. The van der Waals surface area contributed by atoms with Crippen molar-refractivity contribution in [2.75, 3.05) is 51.9 Å². The van der Waals surface area contributed by atoms with Gasteiger partial charge in [-0.25, -0.2) is 14.6 Å². The minimum Gasteiger partial charge on any atom is -0.387 e. The number of nitrogens with two attached hydrogens (primary N) is 1. The lowest BCUT2D eigenvalue weighted by Crippen LogP contribution is -2.44. The monoisotopic (exact) mass is 593 g/mol. The zero-order valence-electron chi connectivity index (χ0n) is 22.4. The molecule has 1 fully saturated rings. The van der Waals surface area contributed by atoms with Crippen molar-refractivity contribution >= 4 is 41.7 Å². The van der Waals surface area contributed by atoms with Crippen molar-refractivity contribution in [1.82, 2.24) is 29.5 Å². The van der Waals surface area contributed by atoms with E-state index in [2.05, 4.69) is 20.0 Å². The van der Waals surface area contributed by atoms with Gasteiger partial charge in [0, 0.05) is 18.8 Å². The fraction of sp³-hybridized carbons (Fsp3) is 0.714. The van der Waals surface area contributed by atoms with E-state index in [1.54, 1.807) is 0 Å². The Hall–Kier alpha value is -1.92. The minimum atomic E-state index is -3.96. The van der Waals surface area contributed by atoms with Crippen molar-refractivity contribution in [1.29, 1.82) is 0 Å². The molecule has 3 rings (SSSR count). The number of carbonyl (C=O) groups is 1. The topological polar surface area (TPSA) is 227 Å². The smallest absolute Gasteiger partial charge is 0.387 e. The number of aromatic nitrogens is 4. The van der Waals surface area contributed by atoms with Crippen molar-refractivity contribution in [3.8, 4) is 0 Å². The Morgan fingerprint density at radius 1 is 1.44 bits per heavy atom.